The Morgan fingerprint density at radius 2 is 2.19 bits per heavy atom. The molecule has 2 nitrogen and oxygen atoms in total. The number of hydrogen-bond acceptors (Lipinski definition) is 3. The number of nitrogens with one attached hydrogen (secondary N) is 1. The van der Waals surface area contributed by atoms with Crippen LogP contribution in [-0.2, 0) is 12.8 Å². The van der Waals surface area contributed by atoms with Crippen molar-refractivity contribution in [2.45, 2.75) is 39.2 Å². The van der Waals surface area contributed by atoms with Crippen LogP contribution in [-0.4, -0.2) is 13.2 Å². The fraction of sp³-hybridized carbons (Fsp3) is 0.444. The van der Waals surface area contributed by atoms with Gasteiger partial charge in [-0.05, 0) is 48.4 Å². The molecule has 2 heterocycles. The van der Waals surface area contributed by atoms with E-state index in [-0.39, 0.29) is 6.04 Å². The van der Waals surface area contributed by atoms with Crippen molar-refractivity contribution in [1.29, 1.82) is 0 Å². The zero-order valence-electron chi connectivity index (χ0n) is 12.8. The van der Waals surface area contributed by atoms with E-state index in [4.69, 9.17) is 4.74 Å². The lowest BCUT2D eigenvalue weighted by Gasteiger charge is -2.26. The smallest absolute Gasteiger partial charge is 0.127 e. The van der Waals surface area contributed by atoms with E-state index in [0.29, 0.717) is 0 Å². The van der Waals surface area contributed by atoms with Crippen LogP contribution in [0.1, 0.15) is 47.9 Å². The van der Waals surface area contributed by atoms with E-state index < -0.39 is 0 Å². The van der Waals surface area contributed by atoms with Gasteiger partial charge in [0.25, 0.3) is 0 Å². The minimum atomic E-state index is 0.248. The van der Waals surface area contributed by atoms with E-state index in [1.807, 2.05) is 11.3 Å². The third kappa shape index (κ3) is 2.85. The quantitative estimate of drug-likeness (QED) is 0.887. The average Bonchev–Trinajstić information content (AvgIpc) is 3.00. The molecule has 3 heteroatoms. The van der Waals surface area contributed by atoms with Crippen molar-refractivity contribution in [2.75, 3.05) is 13.2 Å². The maximum Gasteiger partial charge on any atom is 0.127 e. The molecule has 0 aliphatic carbocycles. The SMILES string of the molecule is CCNC(c1cccc2c1OCCC2)c1sccc1CC. The van der Waals surface area contributed by atoms with Crippen molar-refractivity contribution in [3.8, 4) is 5.75 Å². The van der Waals surface area contributed by atoms with Gasteiger partial charge in [0.15, 0.2) is 0 Å². The lowest BCUT2D eigenvalue weighted by molar-refractivity contribution is 0.283. The molecule has 0 saturated heterocycles. The number of hydrogen-bond donors (Lipinski definition) is 1. The lowest BCUT2D eigenvalue weighted by Crippen LogP contribution is -2.24. The summed E-state index contributed by atoms with van der Waals surface area (Å²) in [5.74, 6) is 1.12. The number of rotatable bonds is 5. The Kier molecular flexibility index (Phi) is 4.61. The molecule has 0 spiro atoms. The van der Waals surface area contributed by atoms with Crippen molar-refractivity contribution < 1.29 is 4.74 Å². The molecular weight excluding hydrogens is 278 g/mol. The molecule has 1 unspecified atom stereocenters. The molecule has 1 aliphatic rings. The summed E-state index contributed by atoms with van der Waals surface area (Å²) in [6.45, 7) is 6.19. The lowest BCUT2D eigenvalue weighted by atomic mass is 9.95. The third-order valence-electron chi connectivity index (χ3n) is 4.11. The Morgan fingerprint density at radius 3 is 3.00 bits per heavy atom. The fourth-order valence-electron chi connectivity index (χ4n) is 3.08. The molecule has 1 N–H and O–H groups in total. The molecule has 1 aliphatic heterocycles. The Hall–Kier alpha value is -1.32. The molecule has 0 saturated carbocycles. The molecule has 1 atom stereocenters. The topological polar surface area (TPSA) is 21.3 Å². The number of para-hydroxylation sites is 1. The average molecular weight is 301 g/mol. The summed E-state index contributed by atoms with van der Waals surface area (Å²) < 4.78 is 6.02. The van der Waals surface area contributed by atoms with Crippen LogP contribution < -0.4 is 10.1 Å². The number of thiophene rings is 1. The highest BCUT2D eigenvalue weighted by molar-refractivity contribution is 7.10. The van der Waals surface area contributed by atoms with Gasteiger partial charge in [0.2, 0.25) is 0 Å². The van der Waals surface area contributed by atoms with Gasteiger partial charge < -0.3 is 10.1 Å². The Labute approximate surface area is 131 Å². The van der Waals surface area contributed by atoms with Crippen LogP contribution >= 0.6 is 11.3 Å². The molecular formula is C18H23NOS. The summed E-state index contributed by atoms with van der Waals surface area (Å²) in [5, 5.41) is 5.86. The van der Waals surface area contributed by atoms with Crippen molar-refractivity contribution in [3.05, 3.63) is 51.2 Å². The summed E-state index contributed by atoms with van der Waals surface area (Å²) in [7, 11) is 0. The van der Waals surface area contributed by atoms with Gasteiger partial charge in [-0.1, -0.05) is 32.0 Å². The Bertz CT molecular complexity index is 605. The minimum Gasteiger partial charge on any atom is -0.493 e. The maximum atomic E-state index is 6.02. The first-order valence-electron chi connectivity index (χ1n) is 7.89. The predicted octanol–water partition coefficient (Wildman–Crippen LogP) is 4.33. The fourth-order valence-corrected chi connectivity index (χ4v) is 4.17. The molecule has 3 rings (SSSR count). The van der Waals surface area contributed by atoms with Crippen LogP contribution in [0.5, 0.6) is 5.75 Å². The van der Waals surface area contributed by atoms with Crippen LogP contribution in [0.2, 0.25) is 0 Å². The van der Waals surface area contributed by atoms with E-state index in [1.165, 1.54) is 21.6 Å². The molecule has 21 heavy (non-hydrogen) atoms. The first-order chi connectivity index (χ1) is 10.3. The van der Waals surface area contributed by atoms with Gasteiger partial charge in [0.05, 0.1) is 12.6 Å². The highest BCUT2D eigenvalue weighted by Gasteiger charge is 2.24. The summed E-state index contributed by atoms with van der Waals surface area (Å²) in [6.07, 6.45) is 3.34. The number of benzene rings is 1. The molecule has 1 aromatic carbocycles. The molecule has 0 radical (unpaired) electrons. The first-order valence-corrected chi connectivity index (χ1v) is 8.77. The van der Waals surface area contributed by atoms with Crippen molar-refractivity contribution in [2.24, 2.45) is 0 Å². The van der Waals surface area contributed by atoms with Gasteiger partial charge in [0.1, 0.15) is 5.75 Å². The standard InChI is InChI=1S/C18H23NOS/c1-3-13-10-12-21-18(13)16(19-4-2)15-9-5-7-14-8-6-11-20-17(14)15/h5,7,9-10,12,16,19H,3-4,6,8,11H2,1-2H3. The molecule has 0 fully saturated rings. The van der Waals surface area contributed by atoms with Crippen molar-refractivity contribution in [3.63, 3.8) is 0 Å². The van der Waals surface area contributed by atoms with Gasteiger partial charge in [-0.15, -0.1) is 11.3 Å². The highest BCUT2D eigenvalue weighted by Crippen LogP contribution is 2.38. The number of fused-ring (bicyclic) bond motifs is 1. The number of aryl methyl sites for hydroxylation is 2. The monoisotopic (exact) mass is 301 g/mol. The normalized spacial score (nSPS) is 15.3. The molecule has 2 aromatic rings. The van der Waals surface area contributed by atoms with Crippen LogP contribution in [0.25, 0.3) is 0 Å². The van der Waals surface area contributed by atoms with Crippen LogP contribution in [0, 0.1) is 0 Å². The van der Waals surface area contributed by atoms with E-state index >= 15 is 0 Å². The van der Waals surface area contributed by atoms with Gasteiger partial charge in [-0.3, -0.25) is 0 Å². The summed E-state index contributed by atoms with van der Waals surface area (Å²) >= 11 is 1.85. The summed E-state index contributed by atoms with van der Waals surface area (Å²) in [5.41, 5.74) is 4.10. The van der Waals surface area contributed by atoms with E-state index in [2.05, 4.69) is 48.8 Å². The van der Waals surface area contributed by atoms with Gasteiger partial charge in [-0.2, -0.15) is 0 Å². The zero-order valence-corrected chi connectivity index (χ0v) is 13.6. The van der Waals surface area contributed by atoms with E-state index in [9.17, 15) is 0 Å². The molecule has 0 amide bonds. The largest absolute Gasteiger partial charge is 0.493 e. The van der Waals surface area contributed by atoms with Crippen LogP contribution in [0.15, 0.2) is 29.6 Å². The van der Waals surface area contributed by atoms with Gasteiger partial charge in [-0.25, -0.2) is 0 Å². The summed E-state index contributed by atoms with van der Waals surface area (Å²) in [6, 6.07) is 9.10. The maximum absolute atomic E-state index is 6.02. The van der Waals surface area contributed by atoms with E-state index in [1.54, 1.807) is 0 Å². The summed E-state index contributed by atoms with van der Waals surface area (Å²) in [4.78, 5) is 1.43. The Balaban J connectivity index is 2.06. The van der Waals surface area contributed by atoms with E-state index in [0.717, 1.165) is 38.2 Å². The molecule has 1 aromatic heterocycles. The second kappa shape index (κ2) is 6.63. The zero-order chi connectivity index (χ0) is 14.7. The molecule has 112 valence electrons. The predicted molar refractivity (Wildman–Crippen MR) is 89.5 cm³/mol. The molecule has 0 bridgehead atoms. The Morgan fingerprint density at radius 1 is 1.29 bits per heavy atom. The van der Waals surface area contributed by atoms with Crippen LogP contribution in [0.4, 0.5) is 0 Å². The van der Waals surface area contributed by atoms with Gasteiger partial charge >= 0.3 is 0 Å². The minimum absolute atomic E-state index is 0.248. The van der Waals surface area contributed by atoms with Gasteiger partial charge in [0, 0.05) is 10.4 Å². The highest BCUT2D eigenvalue weighted by atomic mass is 32.1. The number of ether oxygens (including phenoxy) is 1. The van der Waals surface area contributed by atoms with Crippen molar-refractivity contribution in [1.82, 2.24) is 5.32 Å². The van der Waals surface area contributed by atoms with Crippen LogP contribution in [0.3, 0.4) is 0 Å². The van der Waals surface area contributed by atoms with Crippen molar-refractivity contribution >= 4 is 11.3 Å². The second-order valence-corrected chi connectivity index (χ2v) is 6.39. The third-order valence-corrected chi connectivity index (χ3v) is 5.13. The second-order valence-electron chi connectivity index (χ2n) is 5.44. The first kappa shape index (κ1) is 14.6.